The van der Waals surface area contributed by atoms with Crippen LogP contribution in [0.3, 0.4) is 0 Å². The molecule has 0 aliphatic rings. The van der Waals surface area contributed by atoms with Crippen molar-refractivity contribution in [2.24, 2.45) is 0 Å². The van der Waals surface area contributed by atoms with Gasteiger partial charge in [-0.25, -0.2) is 0 Å². The number of rotatable bonds is 7. The number of hydrogen-bond acceptors (Lipinski definition) is 4. The fraction of sp³-hybridized carbons (Fsp3) is 0.643. The Kier molecular flexibility index (Phi) is 6.01. The van der Waals surface area contributed by atoms with Crippen molar-refractivity contribution in [3.05, 3.63) is 23.7 Å². The highest BCUT2D eigenvalue weighted by Gasteiger charge is 2.58. The molecule has 1 amide bonds. The number of aryl methyl sites for hydroxylation is 1. The number of furan rings is 1. The highest BCUT2D eigenvalue weighted by Crippen LogP contribution is 2.42. The molecule has 0 bridgehead atoms. The zero-order valence-corrected chi connectivity index (χ0v) is 12.4. The van der Waals surface area contributed by atoms with E-state index >= 15 is 0 Å². The van der Waals surface area contributed by atoms with Crippen LogP contribution in [-0.4, -0.2) is 34.9 Å². The van der Waals surface area contributed by atoms with Crippen LogP contribution in [0.25, 0.3) is 0 Å². The molecule has 0 aliphatic carbocycles. The zero-order chi connectivity index (χ0) is 17.0. The van der Waals surface area contributed by atoms with Gasteiger partial charge in [0.1, 0.15) is 11.5 Å². The minimum Gasteiger partial charge on any atom is -0.463 e. The highest BCUT2D eigenvalue weighted by atomic mass is 19.4. The van der Waals surface area contributed by atoms with Crippen molar-refractivity contribution in [1.29, 1.82) is 0 Å². The van der Waals surface area contributed by atoms with Gasteiger partial charge in [-0.15, -0.1) is 0 Å². The molecule has 0 saturated heterocycles. The Balaban J connectivity index is 2.77. The monoisotopic (exact) mass is 323 g/mol. The van der Waals surface area contributed by atoms with E-state index in [9.17, 15) is 28.2 Å². The van der Waals surface area contributed by atoms with Gasteiger partial charge in [0.05, 0.1) is 12.5 Å². The fourth-order valence-corrected chi connectivity index (χ4v) is 1.86. The zero-order valence-electron chi connectivity index (χ0n) is 12.4. The molecule has 0 fully saturated rings. The number of amides is 1. The summed E-state index contributed by atoms with van der Waals surface area (Å²) < 4.78 is 44.3. The first-order chi connectivity index (χ1) is 10.1. The lowest BCUT2D eigenvalue weighted by Crippen LogP contribution is -2.46. The number of nitrogens with one attached hydrogen (secondary N) is 1. The molecule has 126 valence electrons. The van der Waals surface area contributed by atoms with Crippen molar-refractivity contribution in [2.45, 2.75) is 51.0 Å². The maximum absolute atomic E-state index is 13.1. The maximum atomic E-state index is 13.1. The van der Waals surface area contributed by atoms with Crippen LogP contribution >= 0.6 is 0 Å². The average Bonchev–Trinajstić information content (AvgIpc) is 2.84. The summed E-state index contributed by atoms with van der Waals surface area (Å²) in [5, 5.41) is 21.5. The first-order valence-corrected chi connectivity index (χ1v) is 6.91. The number of alkyl halides is 3. The van der Waals surface area contributed by atoms with Crippen molar-refractivity contribution in [3.8, 4) is 0 Å². The molecular formula is C14H20F3NO4. The number of aliphatic hydroxyl groups excluding tert-OH is 1. The molecule has 0 radical (unpaired) electrons. The predicted octanol–water partition coefficient (Wildman–Crippen LogP) is 2.01. The van der Waals surface area contributed by atoms with Crippen LogP contribution < -0.4 is 5.32 Å². The lowest BCUT2D eigenvalue weighted by molar-refractivity contribution is -0.273. The summed E-state index contributed by atoms with van der Waals surface area (Å²) in [6.07, 6.45) is -6.18. The Labute approximate surface area is 126 Å². The van der Waals surface area contributed by atoms with Crippen molar-refractivity contribution in [3.63, 3.8) is 0 Å². The molecule has 2 atom stereocenters. The normalized spacial score (nSPS) is 16.1. The Morgan fingerprint density at radius 3 is 2.50 bits per heavy atom. The molecule has 2 unspecified atom stereocenters. The average molecular weight is 323 g/mol. The molecule has 8 heteroatoms. The molecule has 3 N–H and O–H groups in total. The van der Waals surface area contributed by atoms with E-state index in [2.05, 4.69) is 5.32 Å². The largest absolute Gasteiger partial charge is 0.463 e. The van der Waals surface area contributed by atoms with E-state index in [0.29, 0.717) is 6.42 Å². The molecular weight excluding hydrogens is 303 g/mol. The van der Waals surface area contributed by atoms with Crippen LogP contribution in [-0.2, 0) is 10.4 Å². The smallest absolute Gasteiger partial charge is 0.425 e. The van der Waals surface area contributed by atoms with Crippen molar-refractivity contribution < 1.29 is 32.6 Å². The second-order valence-electron chi connectivity index (χ2n) is 5.15. The van der Waals surface area contributed by atoms with Gasteiger partial charge in [-0.1, -0.05) is 6.92 Å². The lowest BCUT2D eigenvalue weighted by atomic mass is 9.95. The minimum absolute atomic E-state index is 0.0267. The van der Waals surface area contributed by atoms with Gasteiger partial charge in [0.2, 0.25) is 11.5 Å². The van der Waals surface area contributed by atoms with Crippen LogP contribution in [0.4, 0.5) is 13.2 Å². The SMILES string of the molecule is CCC(O)CCNC(=O)CC(O)(c1ccc(C)o1)C(F)(F)F. The number of carbonyl (C=O) groups is 1. The van der Waals surface area contributed by atoms with Gasteiger partial charge in [-0.05, 0) is 31.9 Å². The second-order valence-corrected chi connectivity index (χ2v) is 5.15. The molecule has 22 heavy (non-hydrogen) atoms. The summed E-state index contributed by atoms with van der Waals surface area (Å²) in [6, 6.07) is 2.28. The van der Waals surface area contributed by atoms with Gasteiger partial charge < -0.3 is 19.9 Å². The molecule has 0 saturated carbocycles. The molecule has 1 heterocycles. The molecule has 0 aromatic carbocycles. The molecule has 1 aromatic heterocycles. The van der Waals surface area contributed by atoms with E-state index in [1.165, 1.54) is 13.0 Å². The van der Waals surface area contributed by atoms with Gasteiger partial charge in [0.25, 0.3) is 0 Å². The number of carbonyl (C=O) groups excluding carboxylic acids is 1. The number of hydrogen-bond donors (Lipinski definition) is 3. The minimum atomic E-state index is -5.06. The van der Waals surface area contributed by atoms with Gasteiger partial charge >= 0.3 is 6.18 Å². The fourth-order valence-electron chi connectivity index (χ4n) is 1.86. The quantitative estimate of drug-likeness (QED) is 0.717. The van der Waals surface area contributed by atoms with Crippen LogP contribution in [0, 0.1) is 6.92 Å². The topological polar surface area (TPSA) is 82.7 Å². The van der Waals surface area contributed by atoms with Crippen LogP contribution in [0.15, 0.2) is 16.5 Å². The molecule has 1 rings (SSSR count). The van der Waals surface area contributed by atoms with Gasteiger partial charge in [0.15, 0.2) is 0 Å². The summed E-state index contributed by atoms with van der Waals surface area (Å²) in [4.78, 5) is 11.7. The summed E-state index contributed by atoms with van der Waals surface area (Å²) in [5.74, 6) is -1.50. The van der Waals surface area contributed by atoms with E-state index in [0.717, 1.165) is 6.07 Å². The molecule has 1 aromatic rings. The molecule has 0 aliphatic heterocycles. The Morgan fingerprint density at radius 2 is 2.05 bits per heavy atom. The molecule has 5 nitrogen and oxygen atoms in total. The van der Waals surface area contributed by atoms with Crippen molar-refractivity contribution in [1.82, 2.24) is 5.32 Å². The molecule has 0 spiro atoms. The second kappa shape index (κ2) is 7.15. The number of aliphatic hydroxyl groups is 2. The van der Waals surface area contributed by atoms with Crippen LogP contribution in [0.5, 0.6) is 0 Å². The van der Waals surface area contributed by atoms with Gasteiger partial charge in [-0.3, -0.25) is 4.79 Å². The van der Waals surface area contributed by atoms with Gasteiger partial charge in [-0.2, -0.15) is 13.2 Å². The maximum Gasteiger partial charge on any atom is 0.425 e. The first kappa shape index (κ1) is 18.5. The highest BCUT2D eigenvalue weighted by molar-refractivity contribution is 5.77. The lowest BCUT2D eigenvalue weighted by Gasteiger charge is -2.28. The Hall–Kier alpha value is -1.54. The summed E-state index contributed by atoms with van der Waals surface area (Å²) in [5.41, 5.74) is -3.38. The summed E-state index contributed by atoms with van der Waals surface area (Å²) in [7, 11) is 0. The van der Waals surface area contributed by atoms with Gasteiger partial charge in [0, 0.05) is 6.54 Å². The standard InChI is InChI=1S/C14H20F3NO4/c1-3-10(19)6-7-18-12(20)8-13(21,14(15,16)17)11-5-4-9(2)22-11/h4-5,10,19,21H,3,6-8H2,1-2H3,(H,18,20). The van der Waals surface area contributed by atoms with E-state index in [-0.39, 0.29) is 18.7 Å². The Bertz CT molecular complexity index is 501. The van der Waals surface area contributed by atoms with Crippen molar-refractivity contribution >= 4 is 5.91 Å². The third-order valence-electron chi connectivity index (χ3n) is 3.30. The third-order valence-corrected chi connectivity index (χ3v) is 3.30. The van der Waals surface area contributed by atoms with Crippen LogP contribution in [0.2, 0.25) is 0 Å². The van der Waals surface area contributed by atoms with E-state index in [1.807, 2.05) is 0 Å². The Morgan fingerprint density at radius 1 is 1.41 bits per heavy atom. The summed E-state index contributed by atoms with van der Waals surface area (Å²) in [6.45, 7) is 3.21. The van der Waals surface area contributed by atoms with E-state index < -0.39 is 36.0 Å². The van der Waals surface area contributed by atoms with E-state index in [1.54, 1.807) is 6.92 Å². The number of halogens is 3. The van der Waals surface area contributed by atoms with E-state index in [4.69, 9.17) is 4.42 Å². The predicted molar refractivity (Wildman–Crippen MR) is 71.9 cm³/mol. The first-order valence-electron chi connectivity index (χ1n) is 6.91. The summed E-state index contributed by atoms with van der Waals surface area (Å²) >= 11 is 0. The third kappa shape index (κ3) is 4.48. The van der Waals surface area contributed by atoms with Crippen molar-refractivity contribution in [2.75, 3.05) is 6.54 Å². The van der Waals surface area contributed by atoms with Crippen LogP contribution in [0.1, 0.15) is 37.7 Å².